The van der Waals surface area contributed by atoms with Gasteiger partial charge in [-0.15, -0.1) is 0 Å². The lowest BCUT2D eigenvalue weighted by atomic mass is 10.0. The normalized spacial score (nSPS) is 14.0. The van der Waals surface area contributed by atoms with E-state index in [9.17, 15) is 18.0 Å². The summed E-state index contributed by atoms with van der Waals surface area (Å²) in [7, 11) is -3.94. The van der Waals surface area contributed by atoms with Gasteiger partial charge in [0.1, 0.15) is 25.8 Å². The van der Waals surface area contributed by atoms with E-state index >= 15 is 0 Å². The van der Waals surface area contributed by atoms with Crippen molar-refractivity contribution in [2.75, 3.05) is 30.3 Å². The number of fused-ring (bicyclic) bond motifs is 1. The summed E-state index contributed by atoms with van der Waals surface area (Å²) < 4.78 is 38.3. The SMILES string of the molecule is CC[C@H](C)NC(=O)[C@@H](Cc1ccccc1)N(Cc1ccc(Cl)c(Cl)c1)C(=O)CN(c1ccc2c(c1)OCCO2)S(C)(=O)=O. The Bertz CT molecular complexity index is 1550. The number of ether oxygens (including phenoxy) is 2. The molecular formula is C31H35Cl2N3O6S. The molecule has 43 heavy (non-hydrogen) atoms. The molecule has 1 heterocycles. The molecule has 0 aromatic heterocycles. The van der Waals surface area contributed by atoms with Crippen LogP contribution in [-0.2, 0) is 32.6 Å². The van der Waals surface area contributed by atoms with E-state index in [1.807, 2.05) is 44.2 Å². The largest absolute Gasteiger partial charge is 0.486 e. The number of hydrogen-bond acceptors (Lipinski definition) is 6. The monoisotopic (exact) mass is 647 g/mol. The summed E-state index contributed by atoms with van der Waals surface area (Å²) in [6.45, 7) is 3.97. The van der Waals surface area contributed by atoms with Gasteiger partial charge in [0, 0.05) is 25.1 Å². The van der Waals surface area contributed by atoms with Crippen molar-refractivity contribution in [2.24, 2.45) is 0 Å². The molecule has 1 N–H and O–H groups in total. The smallest absolute Gasteiger partial charge is 0.244 e. The number of halogens is 2. The standard InChI is InChI=1S/C31H35Cl2N3O6S/c1-4-21(2)34-31(38)27(17-22-8-6-5-7-9-22)35(19-23-10-12-25(32)26(33)16-23)30(37)20-36(43(3,39)40)24-11-13-28-29(18-24)42-15-14-41-28/h5-13,16,18,21,27H,4,14-15,17,19-20H2,1-3H3,(H,34,38)/t21-,27+/m0/s1. The number of carbonyl (C=O) groups excluding carboxylic acids is 2. The van der Waals surface area contributed by atoms with E-state index < -0.39 is 28.5 Å². The Morgan fingerprint density at radius 2 is 1.63 bits per heavy atom. The minimum absolute atomic E-state index is 0.0140. The molecule has 12 heteroatoms. The van der Waals surface area contributed by atoms with Crippen molar-refractivity contribution < 1.29 is 27.5 Å². The lowest BCUT2D eigenvalue weighted by Crippen LogP contribution is -2.54. The Kier molecular flexibility index (Phi) is 10.8. The number of rotatable bonds is 12. The van der Waals surface area contributed by atoms with Crippen molar-refractivity contribution in [1.82, 2.24) is 10.2 Å². The molecule has 2 atom stereocenters. The first kappa shape index (κ1) is 32.4. The maximum Gasteiger partial charge on any atom is 0.244 e. The van der Waals surface area contributed by atoms with Crippen molar-refractivity contribution in [3.05, 3.63) is 87.9 Å². The molecule has 9 nitrogen and oxygen atoms in total. The lowest BCUT2D eigenvalue weighted by Gasteiger charge is -2.34. The summed E-state index contributed by atoms with van der Waals surface area (Å²) in [6, 6.07) is 17.9. The van der Waals surface area contributed by atoms with E-state index in [0.717, 1.165) is 16.1 Å². The fourth-order valence-electron chi connectivity index (χ4n) is 4.63. The molecular weight excluding hydrogens is 613 g/mol. The fourth-order valence-corrected chi connectivity index (χ4v) is 5.79. The number of sulfonamides is 1. The van der Waals surface area contributed by atoms with Gasteiger partial charge in [-0.25, -0.2) is 8.42 Å². The number of benzene rings is 3. The summed E-state index contributed by atoms with van der Waals surface area (Å²) in [5.41, 5.74) is 1.70. The molecule has 0 saturated carbocycles. The van der Waals surface area contributed by atoms with Crippen LogP contribution in [0, 0.1) is 0 Å². The summed E-state index contributed by atoms with van der Waals surface area (Å²) >= 11 is 12.4. The Morgan fingerprint density at radius 3 is 2.28 bits per heavy atom. The van der Waals surface area contributed by atoms with Crippen molar-refractivity contribution >= 4 is 50.7 Å². The number of anilines is 1. The maximum atomic E-state index is 14.2. The van der Waals surface area contributed by atoms with Gasteiger partial charge in [0.05, 0.1) is 22.0 Å². The van der Waals surface area contributed by atoms with Crippen molar-refractivity contribution in [2.45, 2.75) is 45.3 Å². The molecule has 3 aromatic carbocycles. The third-order valence-corrected chi connectivity index (χ3v) is 8.98. The molecule has 2 amide bonds. The molecule has 0 unspecified atom stereocenters. The highest BCUT2D eigenvalue weighted by molar-refractivity contribution is 7.92. The highest BCUT2D eigenvalue weighted by Crippen LogP contribution is 2.35. The van der Waals surface area contributed by atoms with Crippen LogP contribution >= 0.6 is 23.2 Å². The van der Waals surface area contributed by atoms with Crippen LogP contribution < -0.4 is 19.1 Å². The highest BCUT2D eigenvalue weighted by Gasteiger charge is 2.34. The zero-order valence-electron chi connectivity index (χ0n) is 24.3. The van der Waals surface area contributed by atoms with Crippen LogP contribution in [0.4, 0.5) is 5.69 Å². The minimum Gasteiger partial charge on any atom is -0.486 e. The first-order valence-corrected chi connectivity index (χ1v) is 16.5. The second kappa shape index (κ2) is 14.3. The second-order valence-electron chi connectivity index (χ2n) is 10.4. The second-order valence-corrected chi connectivity index (χ2v) is 13.1. The van der Waals surface area contributed by atoms with E-state index in [-0.39, 0.29) is 30.6 Å². The van der Waals surface area contributed by atoms with Gasteiger partial charge in [-0.05, 0) is 48.7 Å². The van der Waals surface area contributed by atoms with Crippen LogP contribution in [0.3, 0.4) is 0 Å². The Labute approximate surface area is 262 Å². The third-order valence-electron chi connectivity index (χ3n) is 7.10. The van der Waals surface area contributed by atoms with Crippen molar-refractivity contribution in [3.8, 4) is 11.5 Å². The first-order valence-electron chi connectivity index (χ1n) is 13.9. The summed E-state index contributed by atoms with van der Waals surface area (Å²) in [5, 5.41) is 3.64. The highest BCUT2D eigenvalue weighted by atomic mass is 35.5. The third kappa shape index (κ3) is 8.55. The molecule has 1 aliphatic rings. The molecule has 230 valence electrons. The van der Waals surface area contributed by atoms with E-state index in [2.05, 4.69) is 5.32 Å². The fraction of sp³-hybridized carbons (Fsp3) is 0.355. The number of carbonyl (C=O) groups is 2. The molecule has 0 aliphatic carbocycles. The predicted molar refractivity (Wildman–Crippen MR) is 168 cm³/mol. The summed E-state index contributed by atoms with van der Waals surface area (Å²) in [6.07, 6.45) is 1.92. The molecule has 0 radical (unpaired) electrons. The zero-order chi connectivity index (χ0) is 31.1. The van der Waals surface area contributed by atoms with Gasteiger partial charge in [0.2, 0.25) is 21.8 Å². The number of nitrogens with one attached hydrogen (secondary N) is 1. The molecule has 0 fully saturated rings. The minimum atomic E-state index is -3.94. The van der Waals surface area contributed by atoms with Crippen LogP contribution in [0.1, 0.15) is 31.4 Å². The van der Waals surface area contributed by atoms with Gasteiger partial charge in [-0.3, -0.25) is 13.9 Å². The van der Waals surface area contributed by atoms with E-state index in [0.29, 0.717) is 46.7 Å². The van der Waals surface area contributed by atoms with Crippen LogP contribution in [0.2, 0.25) is 10.0 Å². The van der Waals surface area contributed by atoms with Gasteiger partial charge >= 0.3 is 0 Å². The molecule has 0 bridgehead atoms. The quantitative estimate of drug-likeness (QED) is 0.294. The molecule has 3 aromatic rings. The van der Waals surface area contributed by atoms with Crippen LogP contribution in [-0.4, -0.2) is 63.2 Å². The molecule has 1 aliphatic heterocycles. The first-order chi connectivity index (χ1) is 20.5. The lowest BCUT2D eigenvalue weighted by molar-refractivity contribution is -0.140. The molecule has 0 spiro atoms. The average molecular weight is 649 g/mol. The van der Waals surface area contributed by atoms with E-state index in [1.165, 1.54) is 11.0 Å². The summed E-state index contributed by atoms with van der Waals surface area (Å²) in [5.74, 6) is -0.0588. The van der Waals surface area contributed by atoms with E-state index in [4.69, 9.17) is 32.7 Å². The van der Waals surface area contributed by atoms with Gasteiger partial charge in [-0.1, -0.05) is 66.5 Å². The van der Waals surface area contributed by atoms with Crippen molar-refractivity contribution in [1.29, 1.82) is 0 Å². The van der Waals surface area contributed by atoms with Gasteiger partial charge in [-0.2, -0.15) is 0 Å². The predicted octanol–water partition coefficient (Wildman–Crippen LogP) is 5.09. The summed E-state index contributed by atoms with van der Waals surface area (Å²) in [4.78, 5) is 29.4. The Morgan fingerprint density at radius 1 is 0.930 bits per heavy atom. The molecule has 0 saturated heterocycles. The van der Waals surface area contributed by atoms with Crippen molar-refractivity contribution in [3.63, 3.8) is 0 Å². The Hall–Kier alpha value is -3.47. The van der Waals surface area contributed by atoms with Gasteiger partial charge < -0.3 is 19.7 Å². The molecule has 4 rings (SSSR count). The zero-order valence-corrected chi connectivity index (χ0v) is 26.6. The van der Waals surface area contributed by atoms with Crippen LogP contribution in [0.5, 0.6) is 11.5 Å². The number of nitrogens with zero attached hydrogens (tertiary/aromatic N) is 2. The topological polar surface area (TPSA) is 105 Å². The average Bonchev–Trinajstić information content (AvgIpc) is 2.98. The van der Waals surface area contributed by atoms with E-state index in [1.54, 1.807) is 30.3 Å². The number of amides is 2. The number of hydrogen-bond donors (Lipinski definition) is 1. The van der Waals surface area contributed by atoms with Gasteiger partial charge in [0.15, 0.2) is 11.5 Å². The van der Waals surface area contributed by atoms with Crippen LogP contribution in [0.25, 0.3) is 0 Å². The Balaban J connectivity index is 1.75. The maximum absolute atomic E-state index is 14.2. The van der Waals surface area contributed by atoms with Crippen LogP contribution in [0.15, 0.2) is 66.7 Å². The van der Waals surface area contributed by atoms with Gasteiger partial charge in [0.25, 0.3) is 0 Å².